The maximum absolute atomic E-state index is 12.6. The van der Waals surface area contributed by atoms with Gasteiger partial charge in [-0.05, 0) is 61.1 Å². The van der Waals surface area contributed by atoms with Gasteiger partial charge in [-0.15, -0.1) is 0 Å². The lowest BCUT2D eigenvalue weighted by molar-refractivity contribution is -0.137. The van der Waals surface area contributed by atoms with E-state index in [4.69, 9.17) is 9.57 Å². The molecule has 2 aromatic rings. The van der Waals surface area contributed by atoms with Crippen molar-refractivity contribution >= 4 is 17.3 Å². The molecule has 2 N–H and O–H groups in total. The highest BCUT2D eigenvalue weighted by Gasteiger charge is 2.29. The summed E-state index contributed by atoms with van der Waals surface area (Å²) in [5, 5.41) is 10.1. The SMILES string of the molecule is C/C(=N\OCc1ccc(C(F)(F)F)cc1)c1ccc(NCC(=O)NCC2CCOCC2)cc1. The first-order valence-corrected chi connectivity index (χ1v) is 10.8. The lowest BCUT2D eigenvalue weighted by Gasteiger charge is -2.22. The highest BCUT2D eigenvalue weighted by Crippen LogP contribution is 2.29. The lowest BCUT2D eigenvalue weighted by Crippen LogP contribution is -2.35. The van der Waals surface area contributed by atoms with Crippen LogP contribution in [0.3, 0.4) is 0 Å². The van der Waals surface area contributed by atoms with Crippen LogP contribution in [-0.4, -0.2) is 37.9 Å². The van der Waals surface area contributed by atoms with Crippen LogP contribution < -0.4 is 10.6 Å². The van der Waals surface area contributed by atoms with Gasteiger partial charge in [-0.25, -0.2) is 0 Å². The summed E-state index contributed by atoms with van der Waals surface area (Å²) in [5.41, 5.74) is 2.16. The van der Waals surface area contributed by atoms with Gasteiger partial charge in [0, 0.05) is 25.4 Å². The van der Waals surface area contributed by atoms with Crippen LogP contribution in [0.15, 0.2) is 53.7 Å². The summed E-state index contributed by atoms with van der Waals surface area (Å²) in [6.07, 6.45) is -2.40. The van der Waals surface area contributed by atoms with E-state index in [0.717, 1.165) is 49.4 Å². The van der Waals surface area contributed by atoms with E-state index >= 15 is 0 Å². The van der Waals surface area contributed by atoms with Crippen LogP contribution in [0, 0.1) is 5.92 Å². The molecule has 178 valence electrons. The van der Waals surface area contributed by atoms with Crippen molar-refractivity contribution < 1.29 is 27.5 Å². The summed E-state index contributed by atoms with van der Waals surface area (Å²) in [6.45, 7) is 4.22. The predicted octanol–water partition coefficient (Wildman–Crippen LogP) is 4.60. The van der Waals surface area contributed by atoms with Gasteiger partial charge in [-0.1, -0.05) is 29.4 Å². The minimum Gasteiger partial charge on any atom is -0.391 e. The van der Waals surface area contributed by atoms with Crippen molar-refractivity contribution in [3.63, 3.8) is 0 Å². The van der Waals surface area contributed by atoms with Crippen molar-refractivity contribution in [2.24, 2.45) is 11.1 Å². The number of hydrogen-bond donors (Lipinski definition) is 2. The first-order chi connectivity index (χ1) is 15.8. The van der Waals surface area contributed by atoms with E-state index < -0.39 is 11.7 Å². The Morgan fingerprint density at radius 3 is 2.39 bits per heavy atom. The molecule has 0 atom stereocenters. The summed E-state index contributed by atoms with van der Waals surface area (Å²) in [4.78, 5) is 17.3. The fourth-order valence-corrected chi connectivity index (χ4v) is 3.33. The van der Waals surface area contributed by atoms with Gasteiger partial charge in [0.15, 0.2) is 0 Å². The summed E-state index contributed by atoms with van der Waals surface area (Å²) in [5.74, 6) is 0.422. The minimum atomic E-state index is -4.36. The number of benzene rings is 2. The van der Waals surface area contributed by atoms with Crippen LogP contribution in [0.1, 0.15) is 36.5 Å². The molecule has 1 aliphatic heterocycles. The van der Waals surface area contributed by atoms with Crippen LogP contribution in [0.5, 0.6) is 0 Å². The quantitative estimate of drug-likeness (QED) is 0.421. The molecule has 6 nitrogen and oxygen atoms in total. The fraction of sp³-hybridized carbons (Fsp3) is 0.417. The van der Waals surface area contributed by atoms with Crippen LogP contribution in [-0.2, 0) is 27.2 Å². The second-order valence-corrected chi connectivity index (χ2v) is 7.94. The number of hydrogen-bond acceptors (Lipinski definition) is 5. The van der Waals surface area contributed by atoms with E-state index in [1.807, 2.05) is 24.3 Å². The number of halogens is 3. The molecule has 1 aliphatic rings. The van der Waals surface area contributed by atoms with Crippen LogP contribution in [0.4, 0.5) is 18.9 Å². The number of anilines is 1. The van der Waals surface area contributed by atoms with Crippen molar-refractivity contribution in [1.82, 2.24) is 5.32 Å². The Bertz CT molecular complexity index is 923. The Morgan fingerprint density at radius 1 is 1.09 bits per heavy atom. The van der Waals surface area contributed by atoms with E-state index in [-0.39, 0.29) is 19.1 Å². The number of nitrogens with zero attached hydrogens (tertiary/aromatic N) is 1. The third-order valence-electron chi connectivity index (χ3n) is 5.40. The molecule has 33 heavy (non-hydrogen) atoms. The Kier molecular flexibility index (Phi) is 8.71. The van der Waals surface area contributed by atoms with Gasteiger partial charge in [0.2, 0.25) is 5.91 Å². The number of carbonyl (C=O) groups excluding carboxylic acids is 1. The molecule has 1 heterocycles. The summed E-state index contributed by atoms with van der Waals surface area (Å²) >= 11 is 0. The molecule has 0 aliphatic carbocycles. The molecular weight excluding hydrogens is 435 g/mol. The maximum atomic E-state index is 12.6. The van der Waals surface area contributed by atoms with Gasteiger partial charge >= 0.3 is 6.18 Å². The smallest absolute Gasteiger partial charge is 0.391 e. The maximum Gasteiger partial charge on any atom is 0.416 e. The van der Waals surface area contributed by atoms with Gasteiger partial charge < -0.3 is 20.2 Å². The zero-order valence-corrected chi connectivity index (χ0v) is 18.5. The molecule has 1 amide bonds. The lowest BCUT2D eigenvalue weighted by atomic mass is 10.0. The molecule has 0 aromatic heterocycles. The van der Waals surface area contributed by atoms with Crippen LogP contribution in [0.25, 0.3) is 0 Å². The third-order valence-corrected chi connectivity index (χ3v) is 5.40. The summed E-state index contributed by atoms with van der Waals surface area (Å²) in [6, 6.07) is 12.2. The van der Waals surface area contributed by atoms with Gasteiger partial charge in [0.25, 0.3) is 0 Å². The average Bonchev–Trinajstić information content (AvgIpc) is 2.82. The molecule has 0 bridgehead atoms. The number of carbonyl (C=O) groups is 1. The second kappa shape index (κ2) is 11.7. The fourth-order valence-electron chi connectivity index (χ4n) is 3.33. The standard InChI is InChI=1S/C24H28F3N3O3/c1-17(30-33-16-19-2-6-21(7-3-19)24(25,26)27)20-4-8-22(9-5-20)28-15-23(31)29-14-18-10-12-32-13-11-18/h2-9,18,28H,10-16H2,1H3,(H,29,31)/b30-17+. The zero-order chi connectivity index (χ0) is 23.7. The summed E-state index contributed by atoms with van der Waals surface area (Å²) in [7, 11) is 0. The van der Waals surface area contributed by atoms with E-state index in [2.05, 4.69) is 15.8 Å². The Labute approximate surface area is 191 Å². The number of amides is 1. The predicted molar refractivity (Wildman–Crippen MR) is 120 cm³/mol. The average molecular weight is 464 g/mol. The highest BCUT2D eigenvalue weighted by molar-refractivity contribution is 5.98. The van der Waals surface area contributed by atoms with Crippen LogP contribution in [0.2, 0.25) is 0 Å². The molecule has 2 aromatic carbocycles. The van der Waals surface area contributed by atoms with Gasteiger partial charge in [0.1, 0.15) is 6.61 Å². The molecule has 9 heteroatoms. The Hall–Kier alpha value is -3.07. The van der Waals surface area contributed by atoms with Crippen LogP contribution >= 0.6 is 0 Å². The molecule has 0 saturated carbocycles. The monoisotopic (exact) mass is 463 g/mol. The largest absolute Gasteiger partial charge is 0.416 e. The molecule has 3 rings (SSSR count). The first-order valence-electron chi connectivity index (χ1n) is 10.8. The normalized spacial score (nSPS) is 15.2. The summed E-state index contributed by atoms with van der Waals surface area (Å²) < 4.78 is 43.1. The topological polar surface area (TPSA) is 72.0 Å². The number of rotatable bonds is 9. The molecule has 0 unspecified atom stereocenters. The molecule has 1 fully saturated rings. The number of oxime groups is 1. The Balaban J connectivity index is 1.41. The van der Waals surface area contributed by atoms with Crippen molar-refractivity contribution in [2.45, 2.75) is 32.5 Å². The minimum absolute atomic E-state index is 0.0556. The van der Waals surface area contributed by atoms with Crippen molar-refractivity contribution in [3.05, 3.63) is 65.2 Å². The van der Waals surface area contributed by atoms with Crippen molar-refractivity contribution in [3.8, 4) is 0 Å². The van der Waals surface area contributed by atoms with E-state index in [0.29, 0.717) is 23.7 Å². The van der Waals surface area contributed by atoms with Crippen molar-refractivity contribution in [2.75, 3.05) is 31.6 Å². The van der Waals surface area contributed by atoms with Crippen molar-refractivity contribution in [1.29, 1.82) is 0 Å². The highest BCUT2D eigenvalue weighted by atomic mass is 19.4. The molecule has 0 radical (unpaired) electrons. The number of alkyl halides is 3. The van der Waals surface area contributed by atoms with E-state index in [9.17, 15) is 18.0 Å². The van der Waals surface area contributed by atoms with Gasteiger partial charge in [-0.3, -0.25) is 4.79 Å². The zero-order valence-electron chi connectivity index (χ0n) is 18.5. The number of nitrogens with one attached hydrogen (secondary N) is 2. The van der Waals surface area contributed by atoms with E-state index in [1.165, 1.54) is 12.1 Å². The second-order valence-electron chi connectivity index (χ2n) is 7.94. The van der Waals surface area contributed by atoms with E-state index in [1.54, 1.807) is 6.92 Å². The molecular formula is C24H28F3N3O3. The Morgan fingerprint density at radius 2 is 1.76 bits per heavy atom. The molecule has 1 saturated heterocycles. The number of ether oxygens (including phenoxy) is 1. The van der Waals surface area contributed by atoms with Gasteiger partial charge in [-0.2, -0.15) is 13.2 Å². The van der Waals surface area contributed by atoms with Gasteiger partial charge in [0.05, 0.1) is 17.8 Å². The third kappa shape index (κ3) is 8.09. The first kappa shape index (κ1) is 24.6. The molecule has 0 spiro atoms.